The zero-order valence-corrected chi connectivity index (χ0v) is 15.5. The fourth-order valence-corrected chi connectivity index (χ4v) is 1.84. The summed E-state index contributed by atoms with van der Waals surface area (Å²) in [4.78, 5) is 22.3. The van der Waals surface area contributed by atoms with Crippen molar-refractivity contribution in [3.05, 3.63) is 0 Å². The topological polar surface area (TPSA) is 69.4 Å². The number of hydrogen-bond acceptors (Lipinski definition) is 4. The van der Waals surface area contributed by atoms with Crippen LogP contribution in [0.1, 0.15) is 78.1 Å². The molecule has 0 amide bonds. The molecule has 0 aromatic heterocycles. The van der Waals surface area contributed by atoms with E-state index in [-0.39, 0.29) is 29.6 Å². The van der Waals surface area contributed by atoms with Crippen molar-refractivity contribution in [2.45, 2.75) is 84.1 Å². The van der Waals surface area contributed by atoms with Gasteiger partial charge in [-0.3, -0.25) is 4.79 Å². The molecule has 0 bridgehead atoms. The molecule has 0 aromatic rings. The second-order valence-corrected chi connectivity index (χ2v) is 5.16. The summed E-state index contributed by atoms with van der Waals surface area (Å²) in [6.45, 7) is 3.73. The van der Waals surface area contributed by atoms with Crippen molar-refractivity contribution < 1.29 is 14.3 Å². The summed E-state index contributed by atoms with van der Waals surface area (Å²) in [7, 11) is 0. The molecule has 1 radical (unpaired) electrons. The molecule has 0 unspecified atom stereocenters. The maximum Gasteiger partial charge on any atom is 0.330 e. The van der Waals surface area contributed by atoms with Crippen LogP contribution < -0.4 is 5.73 Å². The molecule has 0 saturated carbocycles. The fourth-order valence-electron chi connectivity index (χ4n) is 1.84. The summed E-state index contributed by atoms with van der Waals surface area (Å²) in [5.41, 5.74) is 5.30. The van der Waals surface area contributed by atoms with Crippen molar-refractivity contribution >= 4 is 41.5 Å². The average molecular weight is 294 g/mol. The third-order valence-electron chi connectivity index (χ3n) is 3.07. The molecule has 0 aromatic carbocycles. The van der Waals surface area contributed by atoms with Crippen molar-refractivity contribution in [2.24, 2.45) is 5.73 Å². The minimum Gasteiger partial charge on any atom is -0.392 e. The van der Waals surface area contributed by atoms with E-state index in [9.17, 15) is 9.59 Å². The first-order chi connectivity index (χ1) is 9.07. The van der Waals surface area contributed by atoms with Gasteiger partial charge in [0, 0.05) is 36.0 Å². The van der Waals surface area contributed by atoms with Crippen LogP contribution in [0.4, 0.5) is 0 Å². The van der Waals surface area contributed by atoms with Crippen LogP contribution in [0.2, 0.25) is 0 Å². The maximum absolute atomic E-state index is 11.3. The summed E-state index contributed by atoms with van der Waals surface area (Å²) in [5.74, 6) is -1.09. The van der Waals surface area contributed by atoms with Crippen molar-refractivity contribution in [1.82, 2.24) is 0 Å². The van der Waals surface area contributed by atoms with Crippen molar-refractivity contribution in [2.75, 3.05) is 0 Å². The van der Waals surface area contributed by atoms with Gasteiger partial charge >= 0.3 is 11.9 Å². The Bertz CT molecular complexity index is 258. The molecule has 1 atom stereocenters. The van der Waals surface area contributed by atoms with Gasteiger partial charge in [0.15, 0.2) is 0 Å². The third kappa shape index (κ3) is 14.5. The first-order valence-electron chi connectivity index (χ1n) is 7.58. The van der Waals surface area contributed by atoms with Gasteiger partial charge in [-0.05, 0) is 13.3 Å². The molecular formula is C15H29NNaO3. The largest absolute Gasteiger partial charge is 0.392 e. The predicted molar refractivity (Wildman–Crippen MR) is 82.3 cm³/mol. The molecule has 0 rings (SSSR count). The molecule has 0 aliphatic carbocycles. The quantitative estimate of drug-likeness (QED) is 0.275. The van der Waals surface area contributed by atoms with Crippen LogP contribution in [0, 0.1) is 0 Å². The average Bonchev–Trinajstić information content (AvgIpc) is 2.36. The number of hydrogen-bond donors (Lipinski definition) is 1. The van der Waals surface area contributed by atoms with E-state index in [0.717, 1.165) is 19.3 Å². The summed E-state index contributed by atoms with van der Waals surface area (Å²) in [6, 6.07) is -0.730. The Morgan fingerprint density at radius 2 is 1.40 bits per heavy atom. The molecule has 2 N–H and O–H groups in total. The fraction of sp³-hybridized carbons (Fsp3) is 0.867. The van der Waals surface area contributed by atoms with Gasteiger partial charge in [-0.15, -0.1) is 0 Å². The standard InChI is InChI=1S/C15H29NO3.Na/c1-3-4-5-6-7-8-9-10-11-12-14(17)19-15(18)13(2)16;/h13H,3-12,16H2,1-2H3;/t13-;/m0./s1. The van der Waals surface area contributed by atoms with Crippen LogP contribution in [0.15, 0.2) is 0 Å². The summed E-state index contributed by atoms with van der Waals surface area (Å²) in [5, 5.41) is 0. The predicted octanol–water partition coefficient (Wildman–Crippen LogP) is 2.94. The number of ether oxygens (including phenoxy) is 1. The van der Waals surface area contributed by atoms with E-state index in [1.54, 1.807) is 0 Å². The van der Waals surface area contributed by atoms with E-state index in [1.165, 1.54) is 45.4 Å². The Morgan fingerprint density at radius 3 is 1.85 bits per heavy atom. The summed E-state index contributed by atoms with van der Waals surface area (Å²) in [6.07, 6.45) is 11.1. The van der Waals surface area contributed by atoms with Gasteiger partial charge in [-0.25, -0.2) is 4.79 Å². The zero-order valence-electron chi connectivity index (χ0n) is 13.5. The van der Waals surface area contributed by atoms with Crippen LogP contribution in [0.5, 0.6) is 0 Å². The third-order valence-corrected chi connectivity index (χ3v) is 3.07. The van der Waals surface area contributed by atoms with Crippen LogP contribution in [-0.2, 0) is 14.3 Å². The zero-order chi connectivity index (χ0) is 14.5. The van der Waals surface area contributed by atoms with E-state index in [4.69, 9.17) is 5.73 Å². The van der Waals surface area contributed by atoms with E-state index >= 15 is 0 Å². The van der Waals surface area contributed by atoms with Gasteiger partial charge in [0.2, 0.25) is 0 Å². The van der Waals surface area contributed by atoms with Crippen LogP contribution >= 0.6 is 0 Å². The number of carbonyl (C=O) groups excluding carboxylic acids is 2. The van der Waals surface area contributed by atoms with E-state index < -0.39 is 18.0 Å². The maximum atomic E-state index is 11.3. The first-order valence-corrected chi connectivity index (χ1v) is 7.58. The van der Waals surface area contributed by atoms with Crippen LogP contribution in [0.3, 0.4) is 0 Å². The smallest absolute Gasteiger partial charge is 0.330 e. The molecule has 0 spiro atoms. The molecule has 0 heterocycles. The Hall–Kier alpha value is 0.1000. The minimum atomic E-state index is -0.730. The second kappa shape index (κ2) is 15.5. The van der Waals surface area contributed by atoms with Crippen LogP contribution in [-0.4, -0.2) is 47.5 Å². The monoisotopic (exact) mass is 294 g/mol. The van der Waals surface area contributed by atoms with Crippen LogP contribution in [0.25, 0.3) is 0 Å². The Kier molecular flexibility index (Phi) is 17.3. The first kappa shape index (κ1) is 22.4. The number of nitrogens with two attached hydrogens (primary N) is 1. The summed E-state index contributed by atoms with van der Waals surface area (Å²) < 4.78 is 4.58. The SMILES string of the molecule is CCCCCCCCCCCC(=O)OC(=O)[C@H](C)N.[Na]. The molecule has 113 valence electrons. The Morgan fingerprint density at radius 1 is 0.950 bits per heavy atom. The van der Waals surface area contributed by atoms with Gasteiger partial charge in [0.05, 0.1) is 0 Å². The molecular weight excluding hydrogens is 265 g/mol. The van der Waals surface area contributed by atoms with Crippen molar-refractivity contribution in [3.63, 3.8) is 0 Å². The van der Waals surface area contributed by atoms with Crippen molar-refractivity contribution in [1.29, 1.82) is 0 Å². The van der Waals surface area contributed by atoms with E-state index in [1.807, 2.05) is 0 Å². The molecule has 0 saturated heterocycles. The number of carbonyl (C=O) groups is 2. The molecule has 5 heteroatoms. The van der Waals surface area contributed by atoms with Gasteiger partial charge < -0.3 is 10.5 Å². The molecule has 4 nitrogen and oxygen atoms in total. The number of rotatable bonds is 11. The second-order valence-electron chi connectivity index (χ2n) is 5.16. The molecule has 0 aliphatic heterocycles. The van der Waals surface area contributed by atoms with Crippen molar-refractivity contribution in [3.8, 4) is 0 Å². The molecule has 0 fully saturated rings. The Labute approximate surface area is 145 Å². The van der Waals surface area contributed by atoms with Gasteiger partial charge in [-0.1, -0.05) is 58.3 Å². The Balaban J connectivity index is 0. The van der Waals surface area contributed by atoms with E-state index in [0.29, 0.717) is 6.42 Å². The van der Waals surface area contributed by atoms with Gasteiger partial charge in [-0.2, -0.15) is 0 Å². The summed E-state index contributed by atoms with van der Waals surface area (Å²) >= 11 is 0. The van der Waals surface area contributed by atoms with Gasteiger partial charge in [0.25, 0.3) is 0 Å². The normalized spacial score (nSPS) is 11.6. The minimum absolute atomic E-state index is 0. The molecule has 20 heavy (non-hydrogen) atoms. The van der Waals surface area contributed by atoms with E-state index in [2.05, 4.69) is 11.7 Å². The molecule has 0 aliphatic rings. The number of unbranched alkanes of at least 4 members (excludes halogenated alkanes) is 8. The number of esters is 2. The van der Waals surface area contributed by atoms with Gasteiger partial charge in [0.1, 0.15) is 6.04 Å².